The van der Waals surface area contributed by atoms with Crippen molar-refractivity contribution in [3.8, 4) is 11.4 Å². The number of aromatic nitrogens is 4. The molecule has 1 unspecified atom stereocenters. The van der Waals surface area contributed by atoms with Crippen LogP contribution in [0.15, 0.2) is 46.9 Å². The summed E-state index contributed by atoms with van der Waals surface area (Å²) >= 11 is 3.52. The molecule has 1 aromatic heterocycles. The number of piperidine rings is 2. The lowest BCUT2D eigenvalue weighted by Crippen LogP contribution is -2.55. The molecule has 0 bridgehead atoms. The van der Waals surface area contributed by atoms with Gasteiger partial charge in [-0.3, -0.25) is 0 Å². The van der Waals surface area contributed by atoms with Gasteiger partial charge in [0.2, 0.25) is 0 Å². The second kappa shape index (κ2) is 12.3. The molecule has 5 rings (SSSR count). The molecule has 2 aliphatic rings. The molecule has 0 spiro atoms. The van der Waals surface area contributed by atoms with Crippen LogP contribution in [-0.2, 0) is 13.5 Å². The molecule has 3 aromatic rings. The van der Waals surface area contributed by atoms with Crippen LogP contribution in [0.3, 0.4) is 0 Å². The van der Waals surface area contributed by atoms with Gasteiger partial charge in [0.25, 0.3) is 0 Å². The Kier molecular flexibility index (Phi) is 8.65. The summed E-state index contributed by atoms with van der Waals surface area (Å²) in [5.74, 6) is 1.37. The number of hydrogen-bond acceptors (Lipinski definition) is 6. The number of halogens is 2. The third-order valence-corrected chi connectivity index (χ3v) is 7.97. The first-order valence-electron chi connectivity index (χ1n) is 13.2. The Balaban J connectivity index is 1.17. The highest BCUT2D eigenvalue weighted by Gasteiger charge is 2.30. The summed E-state index contributed by atoms with van der Waals surface area (Å²) in [6.45, 7) is 4.79. The number of nitrogens with one attached hydrogen (secondary N) is 3. The summed E-state index contributed by atoms with van der Waals surface area (Å²) in [6.07, 6.45) is 4.36. The summed E-state index contributed by atoms with van der Waals surface area (Å²) in [5, 5.41) is 21.3. The second-order valence-corrected chi connectivity index (χ2v) is 11.3. The highest BCUT2D eigenvalue weighted by atomic mass is 79.9. The Labute approximate surface area is 230 Å². The Morgan fingerprint density at radius 3 is 2.84 bits per heavy atom. The van der Waals surface area contributed by atoms with Crippen LogP contribution >= 0.6 is 15.9 Å². The van der Waals surface area contributed by atoms with Crippen molar-refractivity contribution < 1.29 is 9.18 Å². The maximum atomic E-state index is 13.3. The molecule has 3 atom stereocenters. The van der Waals surface area contributed by atoms with Crippen molar-refractivity contribution in [2.24, 2.45) is 18.9 Å². The maximum absolute atomic E-state index is 13.3. The minimum Gasteiger partial charge on any atom is -0.334 e. The summed E-state index contributed by atoms with van der Waals surface area (Å²) < 4.78 is 15.7. The monoisotopic (exact) mass is 584 g/mol. The molecular formula is C27H34BrFN8O. The summed E-state index contributed by atoms with van der Waals surface area (Å²) in [4.78, 5) is 15.6. The SMILES string of the molecule is Cn1nnnc1-c1cc(Br)cc(NC(=O)N[C@H]2CNCC[C@H]2CN2CCCC(Cc3ccc(F)cc3)C2)c1. The summed E-state index contributed by atoms with van der Waals surface area (Å²) in [5.41, 5.74) is 2.66. The first kappa shape index (κ1) is 26.7. The zero-order chi connectivity index (χ0) is 26.5. The van der Waals surface area contributed by atoms with Gasteiger partial charge >= 0.3 is 6.03 Å². The number of urea groups is 1. The van der Waals surface area contributed by atoms with Crippen molar-refractivity contribution >= 4 is 27.6 Å². The largest absolute Gasteiger partial charge is 0.334 e. The number of tetrazole rings is 1. The van der Waals surface area contributed by atoms with Gasteiger partial charge in [-0.25, -0.2) is 13.9 Å². The number of likely N-dealkylation sites (tertiary alicyclic amines) is 1. The van der Waals surface area contributed by atoms with Gasteiger partial charge in [0.1, 0.15) is 5.82 Å². The number of nitrogens with zero attached hydrogens (tertiary/aromatic N) is 5. The van der Waals surface area contributed by atoms with Gasteiger partial charge in [-0.05, 0) is 96.9 Å². The molecule has 202 valence electrons. The number of anilines is 1. The van der Waals surface area contributed by atoms with Crippen molar-refractivity contribution in [1.82, 2.24) is 35.7 Å². The Morgan fingerprint density at radius 2 is 2.05 bits per heavy atom. The zero-order valence-corrected chi connectivity index (χ0v) is 23.1. The molecule has 2 aromatic carbocycles. The van der Waals surface area contributed by atoms with Crippen LogP contribution in [0.5, 0.6) is 0 Å². The minimum atomic E-state index is -0.225. The van der Waals surface area contributed by atoms with Crippen molar-refractivity contribution in [3.63, 3.8) is 0 Å². The molecule has 0 saturated carbocycles. The van der Waals surface area contributed by atoms with Gasteiger partial charge in [0.15, 0.2) is 5.82 Å². The molecule has 38 heavy (non-hydrogen) atoms. The molecule has 2 saturated heterocycles. The van der Waals surface area contributed by atoms with Crippen LogP contribution in [-0.4, -0.2) is 69.9 Å². The van der Waals surface area contributed by atoms with E-state index in [1.54, 1.807) is 23.9 Å². The van der Waals surface area contributed by atoms with E-state index >= 15 is 0 Å². The fourth-order valence-electron chi connectivity index (χ4n) is 5.67. The van der Waals surface area contributed by atoms with E-state index in [1.807, 2.05) is 30.3 Å². The van der Waals surface area contributed by atoms with Crippen LogP contribution in [0, 0.1) is 17.7 Å². The van der Waals surface area contributed by atoms with E-state index in [4.69, 9.17) is 0 Å². The molecule has 3 heterocycles. The fourth-order valence-corrected chi connectivity index (χ4v) is 6.16. The lowest BCUT2D eigenvalue weighted by atomic mass is 9.88. The molecular weight excluding hydrogens is 551 g/mol. The second-order valence-electron chi connectivity index (χ2n) is 10.4. The van der Waals surface area contributed by atoms with Crippen LogP contribution < -0.4 is 16.0 Å². The highest BCUT2D eigenvalue weighted by molar-refractivity contribution is 9.10. The van der Waals surface area contributed by atoms with Crippen molar-refractivity contribution in [2.45, 2.75) is 31.7 Å². The average Bonchev–Trinajstić information content (AvgIpc) is 3.32. The fraction of sp³-hybridized carbons (Fsp3) is 0.481. The lowest BCUT2D eigenvalue weighted by molar-refractivity contribution is 0.126. The van der Waals surface area contributed by atoms with Gasteiger partial charge in [-0.2, -0.15) is 0 Å². The molecule has 9 nitrogen and oxygen atoms in total. The third-order valence-electron chi connectivity index (χ3n) is 7.51. The van der Waals surface area contributed by atoms with E-state index < -0.39 is 0 Å². The topological polar surface area (TPSA) is 100 Å². The normalized spacial score (nSPS) is 22.2. The Hall–Kier alpha value is -2.89. The van der Waals surface area contributed by atoms with E-state index in [0.29, 0.717) is 23.3 Å². The van der Waals surface area contributed by atoms with E-state index in [2.05, 4.69) is 52.3 Å². The quantitative estimate of drug-likeness (QED) is 0.390. The van der Waals surface area contributed by atoms with Crippen molar-refractivity contribution in [1.29, 1.82) is 0 Å². The molecule has 2 aliphatic heterocycles. The molecule has 0 radical (unpaired) electrons. The van der Waals surface area contributed by atoms with Gasteiger partial charge in [-0.15, -0.1) is 5.10 Å². The van der Waals surface area contributed by atoms with E-state index in [9.17, 15) is 9.18 Å². The molecule has 2 amide bonds. The van der Waals surface area contributed by atoms with Crippen LogP contribution in [0.2, 0.25) is 0 Å². The molecule has 3 N–H and O–H groups in total. The summed E-state index contributed by atoms with van der Waals surface area (Å²) in [6, 6.07) is 12.4. The number of carbonyl (C=O) groups excluding carboxylic acids is 1. The van der Waals surface area contributed by atoms with Crippen LogP contribution in [0.1, 0.15) is 24.8 Å². The lowest BCUT2D eigenvalue weighted by Gasteiger charge is -2.39. The molecule has 0 aliphatic carbocycles. The molecule has 11 heteroatoms. The number of aryl methyl sites for hydroxylation is 1. The summed E-state index contributed by atoms with van der Waals surface area (Å²) in [7, 11) is 1.78. The van der Waals surface area contributed by atoms with Crippen LogP contribution in [0.4, 0.5) is 14.9 Å². The Bertz CT molecular complexity index is 1240. The number of benzene rings is 2. The van der Waals surface area contributed by atoms with Gasteiger partial charge in [0, 0.05) is 48.4 Å². The first-order valence-corrected chi connectivity index (χ1v) is 14.0. The van der Waals surface area contributed by atoms with Crippen molar-refractivity contribution in [2.75, 3.05) is 38.0 Å². The number of hydrogen-bond donors (Lipinski definition) is 3. The minimum absolute atomic E-state index is 0.0378. The number of carbonyl (C=O) groups is 1. The number of rotatable bonds is 7. The standard InChI is InChI=1S/C27H34BrFN8O/c1-36-26(33-34-35-36)21-12-22(28)14-24(13-21)31-27(38)32-25-15-30-9-8-20(25)17-37-10-2-3-19(16-37)11-18-4-6-23(29)7-5-18/h4-7,12-14,19-20,25,30H,2-3,8-11,15-17H2,1H3,(H2,31,32,38)/t19?,20-,25-/m0/s1. The highest BCUT2D eigenvalue weighted by Crippen LogP contribution is 2.27. The third kappa shape index (κ3) is 6.95. The van der Waals surface area contributed by atoms with Crippen molar-refractivity contribution in [3.05, 3.63) is 58.3 Å². The van der Waals surface area contributed by atoms with E-state index in [-0.39, 0.29) is 17.9 Å². The average molecular weight is 586 g/mol. The smallest absolute Gasteiger partial charge is 0.319 e. The predicted octanol–water partition coefficient (Wildman–Crippen LogP) is 3.83. The number of amides is 2. The van der Waals surface area contributed by atoms with E-state index in [0.717, 1.165) is 55.6 Å². The first-order chi connectivity index (χ1) is 18.4. The van der Waals surface area contributed by atoms with E-state index in [1.165, 1.54) is 18.4 Å². The van der Waals surface area contributed by atoms with Gasteiger partial charge < -0.3 is 20.9 Å². The van der Waals surface area contributed by atoms with Gasteiger partial charge in [0.05, 0.1) is 0 Å². The van der Waals surface area contributed by atoms with Crippen LogP contribution in [0.25, 0.3) is 11.4 Å². The predicted molar refractivity (Wildman–Crippen MR) is 148 cm³/mol. The zero-order valence-electron chi connectivity index (χ0n) is 21.5. The Morgan fingerprint density at radius 1 is 1.21 bits per heavy atom. The molecule has 2 fully saturated rings. The van der Waals surface area contributed by atoms with Gasteiger partial charge in [-0.1, -0.05) is 28.1 Å². The maximum Gasteiger partial charge on any atom is 0.319 e.